The lowest BCUT2D eigenvalue weighted by atomic mass is 10.2. The number of halogens is 2. The number of rotatable bonds is 3. The first-order chi connectivity index (χ1) is 8.10. The second-order valence-corrected chi connectivity index (χ2v) is 5.06. The van der Waals surface area contributed by atoms with Crippen molar-refractivity contribution in [2.75, 3.05) is 0 Å². The smallest absolute Gasteiger partial charge is 0.125 e. The zero-order chi connectivity index (χ0) is 12.4. The van der Waals surface area contributed by atoms with Gasteiger partial charge in [0.05, 0.1) is 22.4 Å². The van der Waals surface area contributed by atoms with E-state index in [1.807, 2.05) is 19.2 Å². The number of aromatic nitrogens is 3. The summed E-state index contributed by atoms with van der Waals surface area (Å²) in [6, 6.07) is 4.80. The first kappa shape index (κ1) is 12.2. The normalized spacial score (nSPS) is 12.7. The summed E-state index contributed by atoms with van der Waals surface area (Å²) < 4.78 is 14.9. The Balaban J connectivity index is 2.36. The second kappa shape index (κ2) is 4.96. The van der Waals surface area contributed by atoms with Crippen molar-refractivity contribution in [1.82, 2.24) is 15.0 Å². The highest BCUT2D eigenvalue weighted by atomic mass is 79.9. The number of aryl methyl sites for hydroxylation is 1. The van der Waals surface area contributed by atoms with E-state index in [1.165, 1.54) is 12.1 Å². The van der Waals surface area contributed by atoms with Gasteiger partial charge in [0.15, 0.2) is 0 Å². The number of benzene rings is 1. The molecule has 0 saturated carbocycles. The predicted octanol–water partition coefficient (Wildman–Crippen LogP) is 3.56. The van der Waals surface area contributed by atoms with E-state index in [0.29, 0.717) is 5.69 Å². The Morgan fingerprint density at radius 3 is 2.82 bits per heavy atom. The molecule has 1 aromatic heterocycles. The van der Waals surface area contributed by atoms with E-state index in [9.17, 15) is 4.39 Å². The molecule has 0 N–H and O–H groups in total. The van der Waals surface area contributed by atoms with Gasteiger partial charge in [-0.3, -0.25) is 0 Å². The van der Waals surface area contributed by atoms with E-state index < -0.39 is 0 Å². The van der Waals surface area contributed by atoms with Crippen LogP contribution in [0, 0.1) is 12.7 Å². The van der Waals surface area contributed by atoms with Gasteiger partial charge in [-0.15, -0.1) is 5.10 Å². The van der Waals surface area contributed by atoms with Gasteiger partial charge in [-0.1, -0.05) is 28.1 Å². The van der Waals surface area contributed by atoms with Gasteiger partial charge in [-0.05, 0) is 37.1 Å². The molecular weight excluding hydrogens is 285 g/mol. The van der Waals surface area contributed by atoms with E-state index >= 15 is 0 Å². The molecular formula is C12H13BrFN3. The quantitative estimate of drug-likeness (QED) is 0.811. The molecule has 17 heavy (non-hydrogen) atoms. The van der Waals surface area contributed by atoms with Crippen LogP contribution in [0.3, 0.4) is 0 Å². The lowest BCUT2D eigenvalue weighted by Crippen LogP contribution is -1.96. The molecule has 0 aliphatic rings. The monoisotopic (exact) mass is 297 g/mol. The summed E-state index contributed by atoms with van der Waals surface area (Å²) in [4.78, 5) is 0.186. The third-order valence-corrected chi connectivity index (χ3v) is 3.60. The first-order valence-corrected chi connectivity index (χ1v) is 6.35. The molecule has 0 spiro atoms. The lowest BCUT2D eigenvalue weighted by Gasteiger charge is -2.02. The average Bonchev–Trinajstić information content (AvgIpc) is 2.76. The van der Waals surface area contributed by atoms with Crippen LogP contribution in [0.5, 0.6) is 0 Å². The van der Waals surface area contributed by atoms with Crippen LogP contribution in [-0.2, 0) is 0 Å². The lowest BCUT2D eigenvalue weighted by molar-refractivity contribution is 0.623. The van der Waals surface area contributed by atoms with Crippen molar-refractivity contribution in [2.45, 2.75) is 25.1 Å². The van der Waals surface area contributed by atoms with Crippen LogP contribution in [0.2, 0.25) is 0 Å². The molecule has 1 atom stereocenters. The zero-order valence-corrected chi connectivity index (χ0v) is 11.3. The Morgan fingerprint density at radius 1 is 1.41 bits per heavy atom. The van der Waals surface area contributed by atoms with E-state index in [1.54, 1.807) is 4.68 Å². The van der Waals surface area contributed by atoms with Crippen LogP contribution in [0.25, 0.3) is 5.69 Å². The van der Waals surface area contributed by atoms with Crippen LogP contribution in [-0.4, -0.2) is 15.0 Å². The zero-order valence-electron chi connectivity index (χ0n) is 9.69. The number of alkyl halides is 1. The fourth-order valence-electron chi connectivity index (χ4n) is 1.60. The van der Waals surface area contributed by atoms with E-state index in [4.69, 9.17) is 0 Å². The number of nitrogens with zero attached hydrogens (tertiary/aromatic N) is 3. The molecule has 1 aromatic carbocycles. The average molecular weight is 298 g/mol. The Labute approximate surface area is 108 Å². The molecule has 0 saturated heterocycles. The van der Waals surface area contributed by atoms with Gasteiger partial charge in [-0.25, -0.2) is 9.07 Å². The minimum Gasteiger partial charge on any atom is -0.220 e. The summed E-state index contributed by atoms with van der Waals surface area (Å²) in [5.74, 6) is -0.261. The van der Waals surface area contributed by atoms with Crippen molar-refractivity contribution in [3.05, 3.63) is 41.5 Å². The highest BCUT2D eigenvalue weighted by Gasteiger charge is 2.10. The molecule has 2 aromatic rings. The highest BCUT2D eigenvalue weighted by Crippen LogP contribution is 2.24. The molecule has 3 nitrogen and oxygen atoms in total. The molecule has 0 amide bonds. The van der Waals surface area contributed by atoms with Gasteiger partial charge in [0.1, 0.15) is 5.82 Å². The Bertz CT molecular complexity index is 504. The number of hydrogen-bond acceptors (Lipinski definition) is 2. The molecule has 0 bridgehead atoms. The molecule has 90 valence electrons. The SMILES string of the molecule is CCC(Br)c1cn(-c2cc(C)cc(F)c2)nn1. The van der Waals surface area contributed by atoms with Crippen LogP contribution in [0.4, 0.5) is 4.39 Å². The maximum atomic E-state index is 13.3. The summed E-state index contributed by atoms with van der Waals surface area (Å²) in [7, 11) is 0. The minimum absolute atomic E-state index is 0.186. The molecule has 0 aliphatic heterocycles. The maximum absolute atomic E-state index is 13.3. The summed E-state index contributed by atoms with van der Waals surface area (Å²) in [6.07, 6.45) is 2.75. The Hall–Kier alpha value is -1.23. The summed E-state index contributed by atoms with van der Waals surface area (Å²) in [5.41, 5.74) is 2.41. The van der Waals surface area contributed by atoms with Crippen molar-refractivity contribution in [3.8, 4) is 5.69 Å². The fraction of sp³-hybridized carbons (Fsp3) is 0.333. The first-order valence-electron chi connectivity index (χ1n) is 5.44. The van der Waals surface area contributed by atoms with Crippen LogP contribution in [0.15, 0.2) is 24.4 Å². The van der Waals surface area contributed by atoms with Crippen molar-refractivity contribution in [2.24, 2.45) is 0 Å². The molecule has 2 rings (SSSR count). The molecule has 0 radical (unpaired) electrons. The van der Waals surface area contributed by atoms with Gasteiger partial charge in [-0.2, -0.15) is 0 Å². The highest BCUT2D eigenvalue weighted by molar-refractivity contribution is 9.09. The molecule has 1 unspecified atom stereocenters. The molecule has 0 aliphatic carbocycles. The van der Waals surface area contributed by atoms with Crippen LogP contribution < -0.4 is 0 Å². The standard InChI is InChI=1S/C12H13BrFN3/c1-3-11(13)12-7-17(16-15-12)10-5-8(2)4-9(14)6-10/h4-7,11H,3H2,1-2H3. The van der Waals surface area contributed by atoms with E-state index in [2.05, 4.69) is 33.2 Å². The summed E-state index contributed by atoms with van der Waals surface area (Å²) in [6.45, 7) is 3.91. The van der Waals surface area contributed by atoms with E-state index in [-0.39, 0.29) is 10.6 Å². The van der Waals surface area contributed by atoms with E-state index in [0.717, 1.165) is 17.7 Å². The molecule has 5 heteroatoms. The van der Waals surface area contributed by atoms with Gasteiger partial charge in [0, 0.05) is 0 Å². The van der Waals surface area contributed by atoms with Crippen molar-refractivity contribution >= 4 is 15.9 Å². The largest absolute Gasteiger partial charge is 0.220 e. The second-order valence-electron chi connectivity index (χ2n) is 3.95. The third kappa shape index (κ3) is 2.72. The van der Waals surface area contributed by atoms with Gasteiger partial charge in [0.2, 0.25) is 0 Å². The topological polar surface area (TPSA) is 30.7 Å². The van der Waals surface area contributed by atoms with Crippen molar-refractivity contribution < 1.29 is 4.39 Å². The third-order valence-electron chi connectivity index (χ3n) is 2.48. The van der Waals surface area contributed by atoms with Gasteiger partial charge < -0.3 is 0 Å². The predicted molar refractivity (Wildman–Crippen MR) is 68.0 cm³/mol. The van der Waals surface area contributed by atoms with Crippen molar-refractivity contribution in [3.63, 3.8) is 0 Å². The van der Waals surface area contributed by atoms with Gasteiger partial charge in [0.25, 0.3) is 0 Å². The number of hydrogen-bond donors (Lipinski definition) is 0. The van der Waals surface area contributed by atoms with Crippen LogP contribution in [0.1, 0.15) is 29.4 Å². The maximum Gasteiger partial charge on any atom is 0.125 e. The molecule has 0 fully saturated rings. The van der Waals surface area contributed by atoms with Crippen molar-refractivity contribution in [1.29, 1.82) is 0 Å². The Morgan fingerprint density at radius 2 is 2.18 bits per heavy atom. The Kier molecular flexibility index (Phi) is 3.57. The molecule has 1 heterocycles. The van der Waals surface area contributed by atoms with Crippen LogP contribution >= 0.6 is 15.9 Å². The fourth-order valence-corrected chi connectivity index (χ4v) is 1.81. The summed E-state index contributed by atoms with van der Waals surface area (Å²) in [5, 5.41) is 8.07. The van der Waals surface area contributed by atoms with Gasteiger partial charge >= 0.3 is 0 Å². The minimum atomic E-state index is -0.261. The summed E-state index contributed by atoms with van der Waals surface area (Å²) >= 11 is 3.51.